The Balaban J connectivity index is 1.26. The maximum Gasteiger partial charge on any atom is 0.238 e. The van der Waals surface area contributed by atoms with Crippen molar-refractivity contribution in [3.8, 4) is 0 Å². The molecule has 0 saturated carbocycles. The van der Waals surface area contributed by atoms with Gasteiger partial charge in [-0.3, -0.25) is 14.5 Å². The van der Waals surface area contributed by atoms with Crippen LogP contribution >= 0.6 is 23.4 Å². The molecule has 2 aliphatic rings. The van der Waals surface area contributed by atoms with Gasteiger partial charge in [0.15, 0.2) is 0 Å². The molecule has 5 nitrogen and oxygen atoms in total. The number of nitrogens with one attached hydrogen (secondary N) is 2. The molecule has 2 N–H and O–H groups in total. The zero-order chi connectivity index (χ0) is 21.8. The van der Waals surface area contributed by atoms with Crippen LogP contribution in [-0.2, 0) is 22.7 Å². The molecule has 4 rings (SSSR count). The topological polar surface area (TPSA) is 61.4 Å². The molecule has 1 saturated heterocycles. The smallest absolute Gasteiger partial charge is 0.238 e. The lowest BCUT2D eigenvalue weighted by molar-refractivity contribution is -0.124. The number of benzene rings is 2. The number of fused-ring (bicyclic) bond motifs is 1. The third-order valence-electron chi connectivity index (χ3n) is 5.97. The van der Waals surface area contributed by atoms with Gasteiger partial charge in [-0.25, -0.2) is 0 Å². The van der Waals surface area contributed by atoms with Crippen LogP contribution in [0.3, 0.4) is 0 Å². The second-order valence-corrected chi connectivity index (χ2v) is 10.0. The summed E-state index contributed by atoms with van der Waals surface area (Å²) in [6.45, 7) is 4.92. The molecule has 164 valence electrons. The number of halogens is 1. The standard InChI is InChI=1S/C24H28ClN3O2S/c1-16-4-2-3-11-28(16)15-18-7-5-17(6-8-18)14-26-23(29)13-22-24(30)27-20-12-19(25)9-10-21(20)31-22/h5-10,12,16,22H,2-4,11,13-15H2,1H3,(H,26,29)(H,27,30). The molecule has 2 aromatic rings. The second kappa shape index (κ2) is 10.1. The molecule has 0 aromatic heterocycles. The highest BCUT2D eigenvalue weighted by atomic mass is 35.5. The van der Waals surface area contributed by atoms with E-state index in [2.05, 4.69) is 46.7 Å². The first-order valence-electron chi connectivity index (χ1n) is 10.8. The van der Waals surface area contributed by atoms with E-state index in [-0.39, 0.29) is 18.2 Å². The second-order valence-electron chi connectivity index (χ2n) is 8.35. The number of nitrogens with zero attached hydrogens (tertiary/aromatic N) is 1. The molecule has 2 unspecified atom stereocenters. The van der Waals surface area contributed by atoms with Crippen LogP contribution in [0.5, 0.6) is 0 Å². The predicted molar refractivity (Wildman–Crippen MR) is 126 cm³/mol. The molecule has 2 aliphatic heterocycles. The first kappa shape index (κ1) is 22.2. The highest BCUT2D eigenvalue weighted by Crippen LogP contribution is 2.38. The number of likely N-dealkylation sites (tertiary alicyclic amines) is 1. The van der Waals surface area contributed by atoms with E-state index in [1.807, 2.05) is 6.07 Å². The van der Waals surface area contributed by atoms with Gasteiger partial charge in [-0.1, -0.05) is 42.3 Å². The van der Waals surface area contributed by atoms with Crippen LogP contribution in [0.1, 0.15) is 43.7 Å². The normalized spacial score (nSPS) is 21.3. The van der Waals surface area contributed by atoms with Gasteiger partial charge in [-0.15, -0.1) is 11.8 Å². The Morgan fingerprint density at radius 3 is 2.74 bits per heavy atom. The van der Waals surface area contributed by atoms with E-state index in [9.17, 15) is 9.59 Å². The van der Waals surface area contributed by atoms with Crippen LogP contribution in [0, 0.1) is 0 Å². The van der Waals surface area contributed by atoms with Crippen molar-refractivity contribution >= 4 is 40.9 Å². The third kappa shape index (κ3) is 5.82. The van der Waals surface area contributed by atoms with Crippen molar-refractivity contribution in [3.05, 3.63) is 58.6 Å². The summed E-state index contributed by atoms with van der Waals surface area (Å²) < 4.78 is 0. The minimum Gasteiger partial charge on any atom is -0.352 e. The van der Waals surface area contributed by atoms with Crippen molar-refractivity contribution in [1.29, 1.82) is 0 Å². The number of hydrogen-bond donors (Lipinski definition) is 2. The first-order chi connectivity index (χ1) is 15.0. The van der Waals surface area contributed by atoms with Crippen LogP contribution in [0.25, 0.3) is 0 Å². The largest absolute Gasteiger partial charge is 0.352 e. The van der Waals surface area contributed by atoms with E-state index in [1.165, 1.54) is 43.1 Å². The highest BCUT2D eigenvalue weighted by Gasteiger charge is 2.29. The van der Waals surface area contributed by atoms with E-state index in [1.54, 1.807) is 12.1 Å². The van der Waals surface area contributed by atoms with Gasteiger partial charge < -0.3 is 10.6 Å². The average Bonchev–Trinajstić information content (AvgIpc) is 2.75. The Kier molecular flexibility index (Phi) is 7.20. The van der Waals surface area contributed by atoms with Crippen molar-refractivity contribution < 1.29 is 9.59 Å². The number of piperidine rings is 1. The molecule has 2 aromatic carbocycles. The number of hydrogen-bond acceptors (Lipinski definition) is 4. The van der Waals surface area contributed by atoms with Gasteiger partial charge in [0.1, 0.15) is 0 Å². The van der Waals surface area contributed by atoms with Crippen molar-refractivity contribution in [2.24, 2.45) is 0 Å². The monoisotopic (exact) mass is 457 g/mol. The van der Waals surface area contributed by atoms with Gasteiger partial charge in [-0.05, 0) is 55.6 Å². The molecule has 1 fully saturated rings. The van der Waals surface area contributed by atoms with Gasteiger partial charge >= 0.3 is 0 Å². The molecular weight excluding hydrogens is 430 g/mol. The van der Waals surface area contributed by atoms with Gasteiger partial charge in [0.2, 0.25) is 11.8 Å². The Labute approximate surface area is 192 Å². The zero-order valence-corrected chi connectivity index (χ0v) is 19.3. The van der Waals surface area contributed by atoms with E-state index < -0.39 is 5.25 Å². The van der Waals surface area contributed by atoms with E-state index in [0.717, 1.165) is 17.0 Å². The van der Waals surface area contributed by atoms with Crippen LogP contribution in [0.15, 0.2) is 47.4 Å². The van der Waals surface area contributed by atoms with E-state index in [0.29, 0.717) is 23.3 Å². The number of thioether (sulfide) groups is 1. The maximum atomic E-state index is 12.4. The minimum atomic E-state index is -0.442. The summed E-state index contributed by atoms with van der Waals surface area (Å²) in [5.74, 6) is -0.289. The lowest BCUT2D eigenvalue weighted by atomic mass is 10.0. The van der Waals surface area contributed by atoms with Crippen molar-refractivity contribution in [1.82, 2.24) is 10.2 Å². The zero-order valence-electron chi connectivity index (χ0n) is 17.7. The first-order valence-corrected chi connectivity index (χ1v) is 12.1. The molecule has 0 spiro atoms. The Bertz CT molecular complexity index is 950. The average molecular weight is 458 g/mol. The molecule has 2 heterocycles. The van der Waals surface area contributed by atoms with Crippen molar-refractivity contribution in [2.75, 3.05) is 11.9 Å². The number of carbonyl (C=O) groups is 2. The fourth-order valence-corrected chi connectivity index (χ4v) is 5.35. The summed E-state index contributed by atoms with van der Waals surface area (Å²) in [4.78, 5) is 28.2. The van der Waals surface area contributed by atoms with Gasteiger partial charge in [0.25, 0.3) is 0 Å². The van der Waals surface area contributed by atoms with Gasteiger partial charge in [0.05, 0.1) is 10.9 Å². The summed E-state index contributed by atoms with van der Waals surface area (Å²) in [6, 6.07) is 14.5. The third-order valence-corrected chi connectivity index (χ3v) is 7.48. The lowest BCUT2D eigenvalue weighted by Gasteiger charge is -2.33. The van der Waals surface area contributed by atoms with E-state index in [4.69, 9.17) is 11.6 Å². The number of rotatable bonds is 6. The number of amides is 2. The van der Waals surface area contributed by atoms with Crippen LogP contribution in [0.4, 0.5) is 5.69 Å². The number of anilines is 1. The fourth-order valence-electron chi connectivity index (χ4n) is 4.09. The number of carbonyl (C=O) groups excluding carboxylic acids is 2. The summed E-state index contributed by atoms with van der Waals surface area (Å²) in [5.41, 5.74) is 3.07. The molecule has 2 atom stereocenters. The Morgan fingerprint density at radius 2 is 1.97 bits per heavy atom. The van der Waals surface area contributed by atoms with Gasteiger partial charge in [-0.2, -0.15) is 0 Å². The molecule has 2 amide bonds. The van der Waals surface area contributed by atoms with Gasteiger partial charge in [0, 0.05) is 35.5 Å². The summed E-state index contributed by atoms with van der Waals surface area (Å²) in [7, 11) is 0. The Hall–Kier alpha value is -2.02. The molecule has 0 radical (unpaired) electrons. The highest BCUT2D eigenvalue weighted by molar-refractivity contribution is 8.01. The molecule has 31 heavy (non-hydrogen) atoms. The van der Waals surface area contributed by atoms with Crippen LogP contribution < -0.4 is 10.6 Å². The van der Waals surface area contributed by atoms with Crippen molar-refractivity contribution in [3.63, 3.8) is 0 Å². The Morgan fingerprint density at radius 1 is 1.19 bits per heavy atom. The van der Waals surface area contributed by atoms with Crippen molar-refractivity contribution in [2.45, 2.75) is 61.9 Å². The molecule has 7 heteroatoms. The van der Waals surface area contributed by atoms with Crippen LogP contribution in [-0.4, -0.2) is 34.6 Å². The maximum absolute atomic E-state index is 12.4. The molecule has 0 aliphatic carbocycles. The quantitative estimate of drug-likeness (QED) is 0.652. The lowest BCUT2D eigenvalue weighted by Crippen LogP contribution is -2.36. The summed E-state index contributed by atoms with van der Waals surface area (Å²) in [5, 5.41) is 5.92. The van der Waals surface area contributed by atoms with Crippen LogP contribution in [0.2, 0.25) is 5.02 Å². The van der Waals surface area contributed by atoms with E-state index >= 15 is 0 Å². The molecular formula is C24H28ClN3O2S. The SMILES string of the molecule is CC1CCCCN1Cc1ccc(CNC(=O)CC2Sc3ccc(Cl)cc3NC2=O)cc1. The molecule has 0 bridgehead atoms. The summed E-state index contributed by atoms with van der Waals surface area (Å²) >= 11 is 7.39. The fraction of sp³-hybridized carbons (Fsp3) is 0.417. The minimum absolute atomic E-state index is 0.128. The predicted octanol–water partition coefficient (Wildman–Crippen LogP) is 4.83. The summed E-state index contributed by atoms with van der Waals surface area (Å²) in [6.07, 6.45) is 4.04.